The first-order valence-electron chi connectivity index (χ1n) is 13.6. The summed E-state index contributed by atoms with van der Waals surface area (Å²) < 4.78 is 20.7. The van der Waals surface area contributed by atoms with Gasteiger partial charge in [-0.05, 0) is 96.2 Å². The summed E-state index contributed by atoms with van der Waals surface area (Å²) in [4.78, 5) is 17.2. The van der Waals surface area contributed by atoms with Crippen molar-refractivity contribution >= 4 is 35.1 Å². The first-order valence-corrected chi connectivity index (χ1v) is 13.6. The molecule has 1 amide bonds. The van der Waals surface area contributed by atoms with Gasteiger partial charge in [-0.1, -0.05) is 18.2 Å². The molecule has 1 N–H and O–H groups in total. The summed E-state index contributed by atoms with van der Waals surface area (Å²) in [5.74, 6) is 1.30. The molecular formula is C31H37BN4O4. The predicted octanol–water partition coefficient (Wildman–Crippen LogP) is 5.77. The third-order valence-electron chi connectivity index (χ3n) is 7.63. The molecular weight excluding hydrogens is 503 g/mol. The lowest BCUT2D eigenvalue weighted by molar-refractivity contribution is -0.115. The van der Waals surface area contributed by atoms with Crippen molar-refractivity contribution < 1.29 is 18.8 Å². The number of benzene rings is 2. The third-order valence-corrected chi connectivity index (χ3v) is 7.63. The van der Waals surface area contributed by atoms with Crippen molar-refractivity contribution in [1.82, 2.24) is 14.8 Å². The van der Waals surface area contributed by atoms with Crippen LogP contribution in [0.1, 0.15) is 59.6 Å². The standard InChI is InChI=1S/C31H37BN4O4/c1-20-15-21(16-28(37)35-23-18-34-36(19-23)29(2,3)4)9-12-26(20)38-27-13-14-33-25-11-10-22(17-24(25)27)32-39-30(5,6)31(7,8)40-32/h9-15,17-19H,16H2,1-8H3,(H,35,37). The third kappa shape index (κ3) is 5.62. The summed E-state index contributed by atoms with van der Waals surface area (Å²) in [7, 11) is -0.475. The van der Waals surface area contributed by atoms with Crippen LogP contribution in [0.3, 0.4) is 0 Å². The molecule has 4 aromatic rings. The van der Waals surface area contributed by atoms with E-state index in [0.717, 1.165) is 27.5 Å². The number of aromatic nitrogens is 3. The number of ether oxygens (including phenoxy) is 1. The zero-order valence-electron chi connectivity index (χ0n) is 24.5. The Morgan fingerprint density at radius 1 is 1.02 bits per heavy atom. The van der Waals surface area contributed by atoms with Crippen LogP contribution >= 0.6 is 0 Å². The average molecular weight is 540 g/mol. The molecule has 1 fully saturated rings. The van der Waals surface area contributed by atoms with Gasteiger partial charge in [0.2, 0.25) is 5.91 Å². The summed E-state index contributed by atoms with van der Waals surface area (Å²) >= 11 is 0. The van der Waals surface area contributed by atoms with Crippen LogP contribution in [0.4, 0.5) is 5.69 Å². The van der Waals surface area contributed by atoms with Crippen molar-refractivity contribution in [2.75, 3.05) is 5.32 Å². The first kappa shape index (κ1) is 27.9. The molecule has 40 heavy (non-hydrogen) atoms. The van der Waals surface area contributed by atoms with Gasteiger partial charge >= 0.3 is 7.12 Å². The summed E-state index contributed by atoms with van der Waals surface area (Å²) in [5, 5.41) is 8.15. The Bertz CT molecular complexity index is 1560. The van der Waals surface area contributed by atoms with Gasteiger partial charge in [-0.3, -0.25) is 14.5 Å². The largest absolute Gasteiger partial charge is 0.494 e. The number of hydrogen-bond donors (Lipinski definition) is 1. The fraction of sp³-hybridized carbons (Fsp3) is 0.387. The zero-order chi connectivity index (χ0) is 28.9. The van der Waals surface area contributed by atoms with Crippen molar-refractivity contribution in [1.29, 1.82) is 0 Å². The van der Waals surface area contributed by atoms with Crippen molar-refractivity contribution in [3.63, 3.8) is 0 Å². The second-order valence-electron chi connectivity index (χ2n) is 12.4. The number of carbonyl (C=O) groups is 1. The van der Waals surface area contributed by atoms with Gasteiger partial charge in [0, 0.05) is 17.8 Å². The van der Waals surface area contributed by atoms with Gasteiger partial charge in [0.05, 0.1) is 40.6 Å². The van der Waals surface area contributed by atoms with Gasteiger partial charge in [0.25, 0.3) is 0 Å². The van der Waals surface area contributed by atoms with Gasteiger partial charge in [-0.2, -0.15) is 5.10 Å². The Morgan fingerprint density at radius 2 is 1.75 bits per heavy atom. The number of rotatable bonds is 6. The highest BCUT2D eigenvalue weighted by molar-refractivity contribution is 6.62. The molecule has 0 radical (unpaired) electrons. The van der Waals surface area contributed by atoms with E-state index < -0.39 is 18.3 Å². The lowest BCUT2D eigenvalue weighted by Crippen LogP contribution is -2.41. The van der Waals surface area contributed by atoms with E-state index in [1.54, 1.807) is 12.4 Å². The molecule has 0 atom stereocenters. The molecule has 1 aliphatic heterocycles. The Morgan fingerprint density at radius 3 is 2.40 bits per heavy atom. The number of hydrogen-bond acceptors (Lipinski definition) is 6. The Kier molecular flexibility index (Phi) is 7.00. The molecule has 5 rings (SSSR count). The summed E-state index contributed by atoms with van der Waals surface area (Å²) in [6.45, 7) is 16.3. The van der Waals surface area contributed by atoms with Gasteiger partial charge in [-0.25, -0.2) is 0 Å². The van der Waals surface area contributed by atoms with Crippen LogP contribution < -0.4 is 15.5 Å². The van der Waals surface area contributed by atoms with Crippen molar-refractivity contribution in [3.05, 3.63) is 72.2 Å². The minimum Gasteiger partial charge on any atom is -0.456 e. The maximum atomic E-state index is 12.7. The van der Waals surface area contributed by atoms with Crippen LogP contribution in [0.25, 0.3) is 10.9 Å². The molecule has 3 heterocycles. The molecule has 2 aromatic carbocycles. The molecule has 208 valence electrons. The van der Waals surface area contributed by atoms with Crippen LogP contribution in [-0.2, 0) is 26.1 Å². The molecule has 0 aliphatic carbocycles. The molecule has 2 aromatic heterocycles. The van der Waals surface area contributed by atoms with Gasteiger partial charge in [0.15, 0.2) is 0 Å². The van der Waals surface area contributed by atoms with E-state index in [1.807, 2.05) is 88.0 Å². The van der Waals surface area contributed by atoms with Crippen molar-refractivity contribution in [2.24, 2.45) is 0 Å². The van der Waals surface area contributed by atoms with Gasteiger partial charge in [-0.15, -0.1) is 0 Å². The molecule has 1 aliphatic rings. The van der Waals surface area contributed by atoms with E-state index in [2.05, 4.69) is 36.2 Å². The molecule has 9 heteroatoms. The molecule has 0 bridgehead atoms. The molecule has 8 nitrogen and oxygen atoms in total. The molecule has 1 saturated heterocycles. The molecule has 0 spiro atoms. The SMILES string of the molecule is Cc1cc(CC(=O)Nc2cnn(C(C)(C)C)c2)ccc1Oc1ccnc2ccc(B3OC(C)(C)C(C)(C)O3)cc12. The second-order valence-corrected chi connectivity index (χ2v) is 12.4. The maximum Gasteiger partial charge on any atom is 0.494 e. The van der Waals surface area contributed by atoms with Crippen LogP contribution in [0.5, 0.6) is 11.5 Å². The number of nitrogens with zero attached hydrogens (tertiary/aromatic N) is 3. The minimum atomic E-state index is -0.475. The number of anilines is 1. The summed E-state index contributed by atoms with van der Waals surface area (Å²) in [5.41, 5.74) is 3.24. The number of nitrogens with one attached hydrogen (secondary N) is 1. The van der Waals surface area contributed by atoms with E-state index >= 15 is 0 Å². The highest BCUT2D eigenvalue weighted by atomic mass is 16.7. The van der Waals surface area contributed by atoms with Crippen LogP contribution in [-0.4, -0.2) is 39.0 Å². The maximum absolute atomic E-state index is 12.7. The van der Waals surface area contributed by atoms with E-state index in [0.29, 0.717) is 17.2 Å². The summed E-state index contributed by atoms with van der Waals surface area (Å²) in [6, 6.07) is 13.6. The monoisotopic (exact) mass is 540 g/mol. The van der Waals surface area contributed by atoms with E-state index in [1.165, 1.54) is 0 Å². The van der Waals surface area contributed by atoms with Crippen LogP contribution in [0.2, 0.25) is 0 Å². The Hall–Kier alpha value is -3.69. The van der Waals surface area contributed by atoms with Crippen molar-refractivity contribution in [3.8, 4) is 11.5 Å². The van der Waals surface area contributed by atoms with Crippen molar-refractivity contribution in [2.45, 2.75) is 78.6 Å². The average Bonchev–Trinajstić information content (AvgIpc) is 3.42. The van der Waals surface area contributed by atoms with E-state index in [9.17, 15) is 4.79 Å². The highest BCUT2D eigenvalue weighted by Gasteiger charge is 2.51. The smallest absolute Gasteiger partial charge is 0.456 e. The van der Waals surface area contributed by atoms with E-state index in [-0.39, 0.29) is 17.9 Å². The number of pyridine rings is 1. The summed E-state index contributed by atoms with van der Waals surface area (Å²) in [6.07, 6.45) is 5.50. The lowest BCUT2D eigenvalue weighted by Gasteiger charge is -2.32. The second kappa shape index (κ2) is 10.1. The molecule has 0 saturated carbocycles. The first-order chi connectivity index (χ1) is 18.7. The Balaban J connectivity index is 1.31. The number of aryl methyl sites for hydroxylation is 1. The van der Waals surface area contributed by atoms with Crippen LogP contribution in [0.15, 0.2) is 61.1 Å². The lowest BCUT2D eigenvalue weighted by atomic mass is 9.78. The number of amides is 1. The number of carbonyl (C=O) groups excluding carboxylic acids is 1. The predicted molar refractivity (Wildman–Crippen MR) is 158 cm³/mol. The normalized spacial score (nSPS) is 16.4. The van der Waals surface area contributed by atoms with Crippen LogP contribution in [0, 0.1) is 6.92 Å². The minimum absolute atomic E-state index is 0.100. The topological polar surface area (TPSA) is 87.5 Å². The zero-order valence-corrected chi connectivity index (χ0v) is 24.5. The Labute approximate surface area is 236 Å². The van der Waals surface area contributed by atoms with Gasteiger partial charge < -0.3 is 19.4 Å². The highest BCUT2D eigenvalue weighted by Crippen LogP contribution is 2.37. The number of fused-ring (bicyclic) bond motifs is 1. The fourth-order valence-corrected chi connectivity index (χ4v) is 4.55. The van der Waals surface area contributed by atoms with Gasteiger partial charge in [0.1, 0.15) is 11.5 Å². The quantitative estimate of drug-likeness (QED) is 0.313. The molecule has 0 unspecified atom stereocenters. The van der Waals surface area contributed by atoms with E-state index in [4.69, 9.17) is 14.0 Å². The fourth-order valence-electron chi connectivity index (χ4n) is 4.55.